The van der Waals surface area contributed by atoms with Crippen LogP contribution >= 0.6 is 12.4 Å². The van der Waals surface area contributed by atoms with E-state index < -0.39 is 0 Å². The van der Waals surface area contributed by atoms with Gasteiger partial charge in [0.1, 0.15) is 0 Å². The van der Waals surface area contributed by atoms with E-state index in [0.717, 1.165) is 68.5 Å². The van der Waals surface area contributed by atoms with Crippen molar-refractivity contribution in [1.29, 1.82) is 0 Å². The Hall–Kier alpha value is -2.68. The Bertz CT molecular complexity index is 1060. The van der Waals surface area contributed by atoms with Gasteiger partial charge in [-0.2, -0.15) is 0 Å². The summed E-state index contributed by atoms with van der Waals surface area (Å²) in [4.78, 5) is 5.04. The van der Waals surface area contributed by atoms with Gasteiger partial charge < -0.3 is 9.47 Å². The molecular weight excluding hydrogens is 464 g/mol. The van der Waals surface area contributed by atoms with E-state index in [-0.39, 0.29) is 18.4 Å². The van der Waals surface area contributed by atoms with Crippen molar-refractivity contribution >= 4 is 12.4 Å². The smallest absolute Gasteiger partial charge is 0.173 e. The normalized spacial score (nSPS) is 18.2. The second-order valence-electron chi connectivity index (χ2n) is 9.23. The molecule has 0 radical (unpaired) electrons. The number of halogens is 1. The van der Waals surface area contributed by atoms with Crippen LogP contribution < -0.4 is 9.47 Å². The second-order valence-corrected chi connectivity index (χ2v) is 9.23. The highest BCUT2D eigenvalue weighted by molar-refractivity contribution is 5.85. The van der Waals surface area contributed by atoms with Gasteiger partial charge in [-0.1, -0.05) is 49.2 Å². The summed E-state index contributed by atoms with van der Waals surface area (Å²) < 4.78 is 13.2. The van der Waals surface area contributed by atoms with Crippen molar-refractivity contribution in [2.75, 3.05) is 40.4 Å². The SMILES string of the molecule is COc1ccc(C(c2nnnn2C2CCCC2)N2CCN(Cc3ccccc3)CC2)cc1OC.Cl. The van der Waals surface area contributed by atoms with Gasteiger partial charge in [-0.3, -0.25) is 9.80 Å². The van der Waals surface area contributed by atoms with Crippen LogP contribution in [0.25, 0.3) is 0 Å². The molecule has 2 aliphatic rings. The first kappa shape index (κ1) is 25.4. The molecule has 1 aliphatic heterocycles. The maximum Gasteiger partial charge on any atom is 0.173 e. The summed E-state index contributed by atoms with van der Waals surface area (Å²) in [5.74, 6) is 2.39. The van der Waals surface area contributed by atoms with Crippen molar-refractivity contribution in [2.24, 2.45) is 0 Å². The summed E-state index contributed by atoms with van der Waals surface area (Å²) in [5.41, 5.74) is 2.49. The lowest BCUT2D eigenvalue weighted by Crippen LogP contribution is -2.48. The molecule has 1 saturated carbocycles. The molecule has 1 aliphatic carbocycles. The molecule has 0 N–H and O–H groups in total. The minimum absolute atomic E-state index is 0. The first-order valence-corrected chi connectivity index (χ1v) is 12.3. The maximum absolute atomic E-state index is 5.64. The molecule has 5 rings (SSSR count). The zero-order valence-corrected chi connectivity index (χ0v) is 21.4. The molecule has 8 nitrogen and oxygen atoms in total. The average Bonchev–Trinajstić information content (AvgIpc) is 3.58. The highest BCUT2D eigenvalue weighted by Crippen LogP contribution is 2.37. The van der Waals surface area contributed by atoms with Crippen molar-refractivity contribution in [1.82, 2.24) is 30.0 Å². The summed E-state index contributed by atoms with van der Waals surface area (Å²) in [6, 6.07) is 17.2. The summed E-state index contributed by atoms with van der Waals surface area (Å²) in [7, 11) is 3.35. The molecule has 2 aromatic carbocycles. The number of nitrogens with zero attached hydrogens (tertiary/aromatic N) is 6. The molecule has 3 aromatic rings. The number of tetrazole rings is 1. The molecule has 9 heteroatoms. The minimum Gasteiger partial charge on any atom is -0.493 e. The van der Waals surface area contributed by atoms with Crippen LogP contribution in [-0.4, -0.2) is 70.4 Å². The van der Waals surface area contributed by atoms with Crippen LogP contribution in [0.3, 0.4) is 0 Å². The molecule has 188 valence electrons. The van der Waals surface area contributed by atoms with Crippen molar-refractivity contribution in [3.05, 3.63) is 65.5 Å². The van der Waals surface area contributed by atoms with Gasteiger partial charge in [0, 0.05) is 32.7 Å². The van der Waals surface area contributed by atoms with Gasteiger partial charge in [0.15, 0.2) is 17.3 Å². The molecule has 0 bridgehead atoms. The fourth-order valence-electron chi connectivity index (χ4n) is 5.36. The van der Waals surface area contributed by atoms with Crippen LogP contribution in [-0.2, 0) is 6.54 Å². The zero-order valence-electron chi connectivity index (χ0n) is 20.5. The van der Waals surface area contributed by atoms with Gasteiger partial charge in [0.05, 0.1) is 26.3 Å². The van der Waals surface area contributed by atoms with Crippen molar-refractivity contribution < 1.29 is 9.47 Å². The van der Waals surface area contributed by atoms with Gasteiger partial charge in [-0.05, 0) is 46.5 Å². The van der Waals surface area contributed by atoms with Crippen LogP contribution in [0.4, 0.5) is 0 Å². The lowest BCUT2D eigenvalue weighted by atomic mass is 10.0. The van der Waals surface area contributed by atoms with Gasteiger partial charge in [0.2, 0.25) is 0 Å². The molecule has 2 heterocycles. The van der Waals surface area contributed by atoms with E-state index in [0.29, 0.717) is 6.04 Å². The van der Waals surface area contributed by atoms with Gasteiger partial charge in [0.25, 0.3) is 0 Å². The first-order valence-electron chi connectivity index (χ1n) is 12.3. The summed E-state index contributed by atoms with van der Waals surface area (Å²) in [6.07, 6.45) is 4.76. The largest absolute Gasteiger partial charge is 0.493 e. The van der Waals surface area contributed by atoms with Crippen LogP contribution in [0.1, 0.15) is 54.7 Å². The third-order valence-electron chi connectivity index (χ3n) is 7.18. The minimum atomic E-state index is -0.0331. The number of aromatic nitrogens is 4. The molecule has 0 spiro atoms. The third kappa shape index (κ3) is 5.60. The number of rotatable bonds is 8. The molecule has 0 amide bonds. The predicted octanol–water partition coefficient (Wildman–Crippen LogP) is 4.13. The summed E-state index contributed by atoms with van der Waals surface area (Å²) in [6.45, 7) is 4.88. The van der Waals surface area contributed by atoms with Crippen molar-refractivity contribution in [2.45, 2.75) is 44.3 Å². The highest BCUT2D eigenvalue weighted by atomic mass is 35.5. The monoisotopic (exact) mass is 498 g/mol. The molecule has 35 heavy (non-hydrogen) atoms. The first-order chi connectivity index (χ1) is 16.8. The highest BCUT2D eigenvalue weighted by Gasteiger charge is 2.33. The van der Waals surface area contributed by atoms with Gasteiger partial charge >= 0.3 is 0 Å². The molecular formula is C26H35ClN6O2. The van der Waals surface area contributed by atoms with E-state index in [2.05, 4.69) is 72.5 Å². The Balaban J connectivity index is 0.00000289. The average molecular weight is 499 g/mol. The van der Waals surface area contributed by atoms with E-state index in [9.17, 15) is 0 Å². The number of benzene rings is 2. The summed E-state index contributed by atoms with van der Waals surface area (Å²) in [5, 5.41) is 13.1. The van der Waals surface area contributed by atoms with E-state index in [1.165, 1.54) is 18.4 Å². The Kier molecular flexibility index (Phi) is 8.59. The van der Waals surface area contributed by atoms with E-state index in [4.69, 9.17) is 9.47 Å². The van der Waals surface area contributed by atoms with E-state index in [1.807, 2.05) is 6.07 Å². The lowest BCUT2D eigenvalue weighted by Gasteiger charge is -2.39. The number of hydrogen-bond donors (Lipinski definition) is 0. The van der Waals surface area contributed by atoms with Crippen LogP contribution in [0.15, 0.2) is 48.5 Å². The van der Waals surface area contributed by atoms with Crippen molar-refractivity contribution in [3.8, 4) is 11.5 Å². The quantitative estimate of drug-likeness (QED) is 0.462. The van der Waals surface area contributed by atoms with E-state index >= 15 is 0 Å². The fraction of sp³-hybridized carbons (Fsp3) is 0.500. The van der Waals surface area contributed by atoms with Crippen LogP contribution in [0.2, 0.25) is 0 Å². The Labute approximate surface area is 213 Å². The lowest BCUT2D eigenvalue weighted by molar-refractivity contribution is 0.0992. The van der Waals surface area contributed by atoms with Gasteiger partial charge in [-0.25, -0.2) is 4.68 Å². The predicted molar refractivity (Wildman–Crippen MR) is 137 cm³/mol. The molecule has 1 unspecified atom stereocenters. The molecule has 1 saturated heterocycles. The maximum atomic E-state index is 5.64. The molecule has 2 fully saturated rings. The zero-order chi connectivity index (χ0) is 23.3. The standard InChI is InChI=1S/C26H34N6O2.ClH/c1-33-23-13-12-21(18-24(23)34-2)25(26-27-28-29-32(26)22-10-6-7-11-22)31-16-14-30(15-17-31)19-20-8-4-3-5-9-20;/h3-5,8-9,12-13,18,22,25H,6-7,10-11,14-17,19H2,1-2H3;1H. The Morgan fingerprint density at radius 1 is 0.914 bits per heavy atom. The Morgan fingerprint density at radius 3 is 2.31 bits per heavy atom. The number of ether oxygens (including phenoxy) is 2. The fourth-order valence-corrected chi connectivity index (χ4v) is 5.36. The van der Waals surface area contributed by atoms with Crippen molar-refractivity contribution in [3.63, 3.8) is 0 Å². The number of piperazine rings is 1. The third-order valence-corrected chi connectivity index (χ3v) is 7.18. The summed E-state index contributed by atoms with van der Waals surface area (Å²) >= 11 is 0. The second kappa shape index (κ2) is 11.8. The number of methoxy groups -OCH3 is 2. The van der Waals surface area contributed by atoms with Gasteiger partial charge in [-0.15, -0.1) is 17.5 Å². The molecule has 1 aromatic heterocycles. The van der Waals surface area contributed by atoms with Crippen LogP contribution in [0.5, 0.6) is 11.5 Å². The van der Waals surface area contributed by atoms with E-state index in [1.54, 1.807) is 14.2 Å². The molecule has 1 atom stereocenters. The topological polar surface area (TPSA) is 68.5 Å². The van der Waals surface area contributed by atoms with Crippen LogP contribution in [0, 0.1) is 0 Å². The number of hydrogen-bond acceptors (Lipinski definition) is 7. The Morgan fingerprint density at radius 2 is 1.63 bits per heavy atom.